The first kappa shape index (κ1) is 23.7. The molecule has 0 spiro atoms. The average Bonchev–Trinajstić information content (AvgIpc) is 3.30. The Labute approximate surface area is 207 Å². The molecule has 1 aliphatic rings. The summed E-state index contributed by atoms with van der Waals surface area (Å²) in [4.78, 5) is 20.3. The molecule has 1 aliphatic heterocycles. The molecule has 3 aromatic heterocycles. The van der Waals surface area contributed by atoms with Crippen LogP contribution in [0, 0.1) is 18.6 Å². The van der Waals surface area contributed by atoms with Crippen LogP contribution in [0.4, 0.5) is 26.1 Å². The fourth-order valence-corrected chi connectivity index (χ4v) is 4.31. The van der Waals surface area contributed by atoms with Gasteiger partial charge in [-0.25, -0.2) is 18.7 Å². The Balaban J connectivity index is 1.36. The maximum atomic E-state index is 15.0. The first-order valence-electron chi connectivity index (χ1n) is 11.7. The molecule has 36 heavy (non-hydrogen) atoms. The average molecular weight is 496 g/mol. The molecule has 5 rings (SSSR count). The molecular weight excluding hydrogens is 468 g/mol. The number of pyridine rings is 1. The topological polar surface area (TPSA) is 91.4 Å². The molecule has 0 amide bonds. The number of H-pyrrole nitrogens is 1. The van der Waals surface area contributed by atoms with Crippen molar-refractivity contribution in [2.24, 2.45) is 0 Å². The molecule has 0 radical (unpaired) electrons. The van der Waals surface area contributed by atoms with Crippen LogP contribution < -0.4 is 19.7 Å². The zero-order valence-corrected chi connectivity index (χ0v) is 20.3. The van der Waals surface area contributed by atoms with Crippen molar-refractivity contribution in [1.29, 1.82) is 0 Å². The lowest BCUT2D eigenvalue weighted by atomic mass is 10.2. The number of benzene rings is 1. The largest absolute Gasteiger partial charge is 0.489 e. The minimum Gasteiger partial charge on any atom is -0.489 e. The van der Waals surface area contributed by atoms with Crippen LogP contribution >= 0.6 is 0 Å². The number of nitrogens with one attached hydrogen (secondary N) is 2. The minimum atomic E-state index is -0.706. The third-order valence-electron chi connectivity index (χ3n) is 6.26. The number of anilines is 3. The molecular formula is C25H27F2N7O2. The molecule has 1 saturated heterocycles. The molecule has 0 unspecified atom stereocenters. The number of fused-ring (bicyclic) bond motifs is 1. The van der Waals surface area contributed by atoms with Crippen molar-refractivity contribution < 1.29 is 18.3 Å². The number of aromatic amines is 1. The summed E-state index contributed by atoms with van der Waals surface area (Å²) in [7, 11) is 1.42. The quantitative estimate of drug-likeness (QED) is 0.384. The van der Waals surface area contributed by atoms with Gasteiger partial charge in [-0.2, -0.15) is 4.98 Å². The van der Waals surface area contributed by atoms with Crippen molar-refractivity contribution in [3.05, 3.63) is 54.1 Å². The zero-order chi connectivity index (χ0) is 25.2. The Morgan fingerprint density at radius 1 is 1.08 bits per heavy atom. The summed E-state index contributed by atoms with van der Waals surface area (Å²) in [6.07, 6.45) is 3.05. The number of likely N-dealkylation sites (N-methyl/N-ethyl adjacent to an activating group) is 1. The number of aryl methyl sites for hydroxylation is 1. The number of hydrogen-bond acceptors (Lipinski definition) is 8. The predicted octanol–water partition coefficient (Wildman–Crippen LogP) is 4.63. The molecule has 4 heterocycles. The van der Waals surface area contributed by atoms with Crippen LogP contribution in [0.15, 0.2) is 36.8 Å². The van der Waals surface area contributed by atoms with Crippen LogP contribution in [-0.4, -0.2) is 64.7 Å². The summed E-state index contributed by atoms with van der Waals surface area (Å²) in [6, 6.07) is 6.34. The van der Waals surface area contributed by atoms with Gasteiger partial charge in [-0.05, 0) is 31.7 Å². The second-order valence-electron chi connectivity index (χ2n) is 8.52. The van der Waals surface area contributed by atoms with E-state index >= 15 is 4.39 Å². The Hall–Kier alpha value is -3.99. The Kier molecular flexibility index (Phi) is 6.55. The van der Waals surface area contributed by atoms with Gasteiger partial charge in [-0.15, -0.1) is 0 Å². The number of halogens is 2. The smallest absolute Gasteiger partial charge is 0.268 e. The van der Waals surface area contributed by atoms with Crippen LogP contribution in [0.3, 0.4) is 0 Å². The minimum absolute atomic E-state index is 0.0645. The summed E-state index contributed by atoms with van der Waals surface area (Å²) in [5.74, 6) is -0.777. The number of nitrogens with zero attached hydrogens (tertiary/aromatic N) is 5. The molecule has 0 bridgehead atoms. The van der Waals surface area contributed by atoms with Gasteiger partial charge < -0.3 is 29.6 Å². The molecule has 2 N–H and O–H groups in total. The summed E-state index contributed by atoms with van der Waals surface area (Å²) >= 11 is 0. The van der Waals surface area contributed by atoms with E-state index in [-0.39, 0.29) is 34.1 Å². The van der Waals surface area contributed by atoms with Gasteiger partial charge in [-0.1, -0.05) is 6.92 Å². The molecule has 188 valence electrons. The monoisotopic (exact) mass is 495 g/mol. The van der Waals surface area contributed by atoms with Crippen LogP contribution in [0.2, 0.25) is 0 Å². The lowest BCUT2D eigenvalue weighted by molar-refractivity contribution is 0.271. The van der Waals surface area contributed by atoms with Gasteiger partial charge in [0.2, 0.25) is 5.75 Å². The van der Waals surface area contributed by atoms with Crippen molar-refractivity contribution in [2.75, 3.05) is 50.1 Å². The number of rotatable bonds is 7. The molecule has 1 fully saturated rings. The van der Waals surface area contributed by atoms with Gasteiger partial charge in [0.1, 0.15) is 12.1 Å². The lowest BCUT2D eigenvalue weighted by Gasteiger charge is -2.35. The number of hydrogen-bond donors (Lipinski definition) is 2. The Bertz CT molecular complexity index is 1370. The van der Waals surface area contributed by atoms with E-state index in [1.807, 2.05) is 12.1 Å². The molecule has 0 aliphatic carbocycles. The maximum Gasteiger partial charge on any atom is 0.268 e. The van der Waals surface area contributed by atoms with Crippen LogP contribution in [0.1, 0.15) is 12.6 Å². The van der Waals surface area contributed by atoms with Gasteiger partial charge in [-0.3, -0.25) is 0 Å². The van der Waals surface area contributed by atoms with Crippen molar-refractivity contribution in [2.45, 2.75) is 13.8 Å². The highest BCUT2D eigenvalue weighted by Crippen LogP contribution is 2.38. The second-order valence-corrected chi connectivity index (χ2v) is 8.52. The maximum absolute atomic E-state index is 15.0. The molecule has 1 aromatic carbocycles. The van der Waals surface area contributed by atoms with Gasteiger partial charge in [0.25, 0.3) is 5.88 Å². The molecule has 4 aromatic rings. The summed E-state index contributed by atoms with van der Waals surface area (Å²) in [5, 5.41) is 3.18. The van der Waals surface area contributed by atoms with E-state index in [0.29, 0.717) is 11.5 Å². The van der Waals surface area contributed by atoms with Crippen LogP contribution in [-0.2, 0) is 0 Å². The normalized spacial score (nSPS) is 14.3. The molecule has 0 saturated carbocycles. The third kappa shape index (κ3) is 4.61. The van der Waals surface area contributed by atoms with E-state index < -0.39 is 11.6 Å². The molecule has 0 atom stereocenters. The predicted molar refractivity (Wildman–Crippen MR) is 133 cm³/mol. The van der Waals surface area contributed by atoms with E-state index in [1.165, 1.54) is 19.5 Å². The summed E-state index contributed by atoms with van der Waals surface area (Å²) in [6.45, 7) is 8.91. The fourth-order valence-electron chi connectivity index (χ4n) is 4.31. The highest BCUT2D eigenvalue weighted by Gasteiger charge is 2.21. The van der Waals surface area contributed by atoms with Crippen molar-refractivity contribution in [3.63, 3.8) is 0 Å². The number of aromatic nitrogens is 4. The first-order valence-corrected chi connectivity index (χ1v) is 11.7. The second kappa shape index (κ2) is 9.94. The fraction of sp³-hybridized carbons (Fsp3) is 0.320. The van der Waals surface area contributed by atoms with Crippen LogP contribution in [0.25, 0.3) is 10.9 Å². The van der Waals surface area contributed by atoms with E-state index in [2.05, 4.69) is 42.0 Å². The van der Waals surface area contributed by atoms with Gasteiger partial charge in [0.05, 0.1) is 24.5 Å². The number of methoxy groups -OCH3 is 1. The Morgan fingerprint density at radius 2 is 1.89 bits per heavy atom. The van der Waals surface area contributed by atoms with Crippen molar-refractivity contribution in [1.82, 2.24) is 24.8 Å². The summed E-state index contributed by atoms with van der Waals surface area (Å²) < 4.78 is 40.7. The van der Waals surface area contributed by atoms with E-state index in [4.69, 9.17) is 9.47 Å². The standard InChI is InChI=1S/C25H27F2N7O2/c1-4-33-7-9-34(10-8-33)16-5-6-20(28-13-16)32-24-23(35-3)25(30-14-29-24)36-19-12-18(26)22-17(21(19)27)11-15(2)31-22/h5-6,11-14,31H,4,7-10H2,1-3H3,(H,28,29,30,32). The van der Waals surface area contributed by atoms with Gasteiger partial charge in [0.15, 0.2) is 23.2 Å². The highest BCUT2D eigenvalue weighted by molar-refractivity contribution is 5.83. The van der Waals surface area contributed by atoms with E-state index in [1.54, 1.807) is 13.1 Å². The number of piperazine rings is 1. The van der Waals surface area contributed by atoms with Crippen LogP contribution in [0.5, 0.6) is 17.4 Å². The zero-order valence-electron chi connectivity index (χ0n) is 20.3. The molecule has 11 heteroatoms. The lowest BCUT2D eigenvalue weighted by Crippen LogP contribution is -2.46. The van der Waals surface area contributed by atoms with E-state index in [0.717, 1.165) is 44.5 Å². The third-order valence-corrected chi connectivity index (χ3v) is 6.26. The molecule has 9 nitrogen and oxygen atoms in total. The van der Waals surface area contributed by atoms with Crippen molar-refractivity contribution >= 4 is 28.2 Å². The van der Waals surface area contributed by atoms with E-state index in [9.17, 15) is 4.39 Å². The van der Waals surface area contributed by atoms with Crippen molar-refractivity contribution in [3.8, 4) is 17.4 Å². The highest BCUT2D eigenvalue weighted by atomic mass is 19.1. The first-order chi connectivity index (χ1) is 17.5. The SMILES string of the molecule is CCN1CCN(c2ccc(Nc3ncnc(Oc4cc(F)c5[nH]c(C)cc5c4F)c3OC)nc2)CC1. The van der Waals surface area contributed by atoms with Gasteiger partial charge in [0, 0.05) is 43.3 Å². The summed E-state index contributed by atoms with van der Waals surface area (Å²) in [5.41, 5.74) is 1.76. The Morgan fingerprint density at radius 3 is 2.58 bits per heavy atom. The number of ether oxygens (including phenoxy) is 2. The van der Waals surface area contributed by atoms with Gasteiger partial charge >= 0.3 is 0 Å².